The highest BCUT2D eigenvalue weighted by Gasteiger charge is 2.29. The SMILES string of the molecule is CC#CCCNC1CC(c2ccc(F)cc2)C1. The minimum absolute atomic E-state index is 0.152. The van der Waals surface area contributed by atoms with Gasteiger partial charge >= 0.3 is 0 Å². The molecule has 0 saturated heterocycles. The summed E-state index contributed by atoms with van der Waals surface area (Å²) in [6.45, 7) is 2.84. The molecular weight excluding hydrogens is 213 g/mol. The fourth-order valence-corrected chi connectivity index (χ4v) is 2.26. The molecule has 1 aliphatic carbocycles. The Morgan fingerprint density at radius 2 is 2.00 bits per heavy atom. The van der Waals surface area contributed by atoms with Gasteiger partial charge < -0.3 is 5.32 Å². The second-order valence-electron chi connectivity index (χ2n) is 4.55. The maximum Gasteiger partial charge on any atom is 0.123 e. The molecule has 0 aromatic heterocycles. The lowest BCUT2D eigenvalue weighted by Crippen LogP contribution is -2.40. The van der Waals surface area contributed by atoms with E-state index in [-0.39, 0.29) is 5.82 Å². The minimum atomic E-state index is -0.152. The summed E-state index contributed by atoms with van der Waals surface area (Å²) in [7, 11) is 0. The van der Waals surface area contributed by atoms with Crippen LogP contribution >= 0.6 is 0 Å². The van der Waals surface area contributed by atoms with Crippen LogP contribution in [0, 0.1) is 17.7 Å². The van der Waals surface area contributed by atoms with Crippen molar-refractivity contribution in [2.45, 2.75) is 38.1 Å². The molecule has 17 heavy (non-hydrogen) atoms. The first kappa shape index (κ1) is 12.1. The first-order valence-corrected chi connectivity index (χ1v) is 6.18. The predicted octanol–water partition coefficient (Wildman–Crippen LogP) is 3.07. The molecule has 1 fully saturated rings. The van der Waals surface area contributed by atoms with Crippen molar-refractivity contribution in [2.24, 2.45) is 0 Å². The van der Waals surface area contributed by atoms with Crippen molar-refractivity contribution in [1.82, 2.24) is 5.32 Å². The largest absolute Gasteiger partial charge is 0.313 e. The van der Waals surface area contributed by atoms with Crippen LogP contribution in [0.25, 0.3) is 0 Å². The number of hydrogen-bond acceptors (Lipinski definition) is 1. The monoisotopic (exact) mass is 231 g/mol. The summed E-state index contributed by atoms with van der Waals surface area (Å²) in [6.07, 6.45) is 3.24. The van der Waals surface area contributed by atoms with Crippen LogP contribution in [0.3, 0.4) is 0 Å². The van der Waals surface area contributed by atoms with Gasteiger partial charge in [-0.05, 0) is 43.4 Å². The van der Waals surface area contributed by atoms with Crippen molar-refractivity contribution in [3.8, 4) is 11.8 Å². The van der Waals surface area contributed by atoms with Crippen LogP contribution in [0.5, 0.6) is 0 Å². The Bertz CT molecular complexity index is 407. The summed E-state index contributed by atoms with van der Waals surface area (Å²) in [5.41, 5.74) is 1.26. The molecule has 2 rings (SSSR count). The topological polar surface area (TPSA) is 12.0 Å². The second kappa shape index (κ2) is 5.84. The van der Waals surface area contributed by atoms with Crippen LogP contribution in [-0.4, -0.2) is 12.6 Å². The molecule has 1 aromatic rings. The van der Waals surface area contributed by atoms with Crippen molar-refractivity contribution in [2.75, 3.05) is 6.54 Å². The molecule has 1 saturated carbocycles. The molecule has 0 amide bonds. The lowest BCUT2D eigenvalue weighted by molar-refractivity contribution is 0.293. The molecule has 0 radical (unpaired) electrons. The van der Waals surface area contributed by atoms with Gasteiger partial charge in [0.1, 0.15) is 5.82 Å². The third-order valence-corrected chi connectivity index (χ3v) is 3.34. The van der Waals surface area contributed by atoms with E-state index in [2.05, 4.69) is 17.2 Å². The van der Waals surface area contributed by atoms with Gasteiger partial charge in [0, 0.05) is 19.0 Å². The average Bonchev–Trinajstić information content (AvgIpc) is 2.28. The van der Waals surface area contributed by atoms with Crippen molar-refractivity contribution in [3.05, 3.63) is 35.6 Å². The number of halogens is 1. The highest BCUT2D eigenvalue weighted by molar-refractivity contribution is 5.23. The molecule has 0 bridgehead atoms. The lowest BCUT2D eigenvalue weighted by Gasteiger charge is -2.36. The van der Waals surface area contributed by atoms with E-state index in [1.807, 2.05) is 19.1 Å². The van der Waals surface area contributed by atoms with Gasteiger partial charge in [-0.15, -0.1) is 11.8 Å². The van der Waals surface area contributed by atoms with Gasteiger partial charge in [0.05, 0.1) is 0 Å². The van der Waals surface area contributed by atoms with E-state index < -0.39 is 0 Å². The Morgan fingerprint density at radius 3 is 2.65 bits per heavy atom. The van der Waals surface area contributed by atoms with Crippen molar-refractivity contribution < 1.29 is 4.39 Å². The Labute approximate surface area is 102 Å². The quantitative estimate of drug-likeness (QED) is 0.620. The summed E-state index contributed by atoms with van der Waals surface area (Å²) in [4.78, 5) is 0. The van der Waals surface area contributed by atoms with Gasteiger partial charge in [-0.25, -0.2) is 4.39 Å². The van der Waals surface area contributed by atoms with E-state index in [0.29, 0.717) is 12.0 Å². The molecule has 1 nitrogen and oxygen atoms in total. The van der Waals surface area contributed by atoms with E-state index in [9.17, 15) is 4.39 Å². The third kappa shape index (κ3) is 3.31. The average molecular weight is 231 g/mol. The minimum Gasteiger partial charge on any atom is -0.313 e. The smallest absolute Gasteiger partial charge is 0.123 e. The van der Waals surface area contributed by atoms with E-state index in [1.165, 1.54) is 5.56 Å². The van der Waals surface area contributed by atoms with Gasteiger partial charge in [-0.3, -0.25) is 0 Å². The molecule has 1 N–H and O–H groups in total. The van der Waals surface area contributed by atoms with Gasteiger partial charge in [-0.2, -0.15) is 0 Å². The molecule has 1 aliphatic rings. The van der Waals surface area contributed by atoms with Crippen molar-refractivity contribution in [1.29, 1.82) is 0 Å². The van der Waals surface area contributed by atoms with E-state index >= 15 is 0 Å². The van der Waals surface area contributed by atoms with E-state index in [1.54, 1.807) is 12.1 Å². The molecule has 0 aliphatic heterocycles. The molecule has 0 atom stereocenters. The van der Waals surface area contributed by atoms with Crippen molar-refractivity contribution in [3.63, 3.8) is 0 Å². The van der Waals surface area contributed by atoms with Crippen LogP contribution in [0.2, 0.25) is 0 Å². The zero-order valence-corrected chi connectivity index (χ0v) is 10.2. The third-order valence-electron chi connectivity index (χ3n) is 3.34. The predicted molar refractivity (Wildman–Crippen MR) is 68.2 cm³/mol. The Hall–Kier alpha value is -1.33. The normalized spacial score (nSPS) is 22.5. The van der Waals surface area contributed by atoms with E-state index in [4.69, 9.17) is 0 Å². The molecule has 0 heterocycles. The zero-order chi connectivity index (χ0) is 12.1. The number of nitrogens with one attached hydrogen (secondary N) is 1. The first-order valence-electron chi connectivity index (χ1n) is 6.18. The fraction of sp³-hybridized carbons (Fsp3) is 0.467. The Kier molecular flexibility index (Phi) is 4.17. The molecular formula is C15H18FN. The summed E-state index contributed by atoms with van der Waals surface area (Å²) in [5, 5.41) is 3.49. The molecule has 90 valence electrons. The summed E-state index contributed by atoms with van der Waals surface area (Å²) >= 11 is 0. The van der Waals surface area contributed by atoms with Gasteiger partial charge in [0.2, 0.25) is 0 Å². The van der Waals surface area contributed by atoms with Crippen LogP contribution in [0.4, 0.5) is 4.39 Å². The highest BCUT2D eigenvalue weighted by Crippen LogP contribution is 2.36. The van der Waals surface area contributed by atoms with Crippen LogP contribution < -0.4 is 5.32 Å². The maximum atomic E-state index is 12.8. The number of rotatable bonds is 4. The highest BCUT2D eigenvalue weighted by atomic mass is 19.1. The first-order chi connectivity index (χ1) is 8.29. The van der Waals surface area contributed by atoms with Crippen molar-refractivity contribution >= 4 is 0 Å². The molecule has 2 heteroatoms. The van der Waals surface area contributed by atoms with Gasteiger partial charge in [-0.1, -0.05) is 12.1 Å². The summed E-state index contributed by atoms with van der Waals surface area (Å²) in [6, 6.07) is 7.51. The fourth-order valence-electron chi connectivity index (χ4n) is 2.26. The van der Waals surface area contributed by atoms with Gasteiger partial charge in [0.25, 0.3) is 0 Å². The van der Waals surface area contributed by atoms with Gasteiger partial charge in [0.15, 0.2) is 0 Å². The second-order valence-corrected chi connectivity index (χ2v) is 4.55. The maximum absolute atomic E-state index is 12.8. The number of hydrogen-bond donors (Lipinski definition) is 1. The van der Waals surface area contributed by atoms with Crippen LogP contribution in [0.15, 0.2) is 24.3 Å². The zero-order valence-electron chi connectivity index (χ0n) is 10.2. The summed E-state index contributed by atoms with van der Waals surface area (Å²) < 4.78 is 12.8. The Morgan fingerprint density at radius 1 is 1.29 bits per heavy atom. The van der Waals surface area contributed by atoms with Crippen LogP contribution in [-0.2, 0) is 0 Å². The van der Waals surface area contributed by atoms with Crippen LogP contribution in [0.1, 0.15) is 37.7 Å². The lowest BCUT2D eigenvalue weighted by atomic mass is 9.76. The summed E-state index contributed by atoms with van der Waals surface area (Å²) in [5.74, 6) is 6.39. The standard InChI is InChI=1S/C15H18FN/c1-2-3-4-9-17-15-10-13(11-15)12-5-7-14(16)8-6-12/h5-8,13,15,17H,4,9-11H2,1H3. The Balaban J connectivity index is 1.71. The molecule has 0 spiro atoms. The molecule has 0 unspecified atom stereocenters. The molecule has 1 aromatic carbocycles. The number of benzene rings is 1. The van der Waals surface area contributed by atoms with E-state index in [0.717, 1.165) is 25.8 Å².